The molecular weight excluding hydrogens is 308 g/mol. The third-order valence-electron chi connectivity index (χ3n) is 2.73. The first kappa shape index (κ1) is 13.6. The van der Waals surface area contributed by atoms with E-state index >= 15 is 0 Å². The van der Waals surface area contributed by atoms with Crippen molar-refractivity contribution in [2.75, 3.05) is 0 Å². The van der Waals surface area contributed by atoms with Gasteiger partial charge in [0.2, 0.25) is 0 Å². The fourth-order valence-electron chi connectivity index (χ4n) is 1.71. The van der Waals surface area contributed by atoms with E-state index in [1.807, 2.05) is 37.3 Å². The Kier molecular flexibility index (Phi) is 4.22. The molecule has 2 rings (SSSR count). The van der Waals surface area contributed by atoms with Crippen LogP contribution in [0, 0.1) is 6.92 Å². The smallest absolute Gasteiger partial charge is 0.336 e. The van der Waals surface area contributed by atoms with Crippen LogP contribution in [-0.2, 0) is 6.61 Å². The maximum atomic E-state index is 11.1. The monoisotopic (exact) mass is 320 g/mol. The van der Waals surface area contributed by atoms with Gasteiger partial charge in [0.1, 0.15) is 12.4 Å². The zero-order valence-electron chi connectivity index (χ0n) is 10.4. The molecule has 1 N–H and O–H groups in total. The molecule has 2 aromatic carbocycles. The van der Waals surface area contributed by atoms with Crippen LogP contribution in [0.2, 0.25) is 0 Å². The van der Waals surface area contributed by atoms with Gasteiger partial charge in [-0.25, -0.2) is 4.79 Å². The minimum atomic E-state index is -0.976. The molecule has 0 aliphatic rings. The van der Waals surface area contributed by atoms with Gasteiger partial charge in [-0.2, -0.15) is 0 Å². The zero-order valence-corrected chi connectivity index (χ0v) is 12.0. The van der Waals surface area contributed by atoms with Gasteiger partial charge in [-0.1, -0.05) is 30.3 Å². The van der Waals surface area contributed by atoms with E-state index in [1.54, 1.807) is 12.1 Å². The molecule has 0 saturated heterocycles. The number of carboxylic acids is 1. The molecule has 0 fully saturated rings. The Balaban J connectivity index is 2.21. The molecule has 0 saturated carbocycles. The first-order chi connectivity index (χ1) is 9.08. The van der Waals surface area contributed by atoms with Gasteiger partial charge in [0, 0.05) is 4.47 Å². The van der Waals surface area contributed by atoms with Crippen LogP contribution in [0.15, 0.2) is 46.9 Å². The summed E-state index contributed by atoms with van der Waals surface area (Å²) in [6.07, 6.45) is 0. The number of halogens is 1. The first-order valence-corrected chi connectivity index (χ1v) is 6.57. The molecule has 0 amide bonds. The molecule has 0 aliphatic carbocycles. The lowest BCUT2D eigenvalue weighted by molar-refractivity contribution is 0.0695. The van der Waals surface area contributed by atoms with Gasteiger partial charge < -0.3 is 9.84 Å². The average molecular weight is 321 g/mol. The zero-order chi connectivity index (χ0) is 13.8. The Morgan fingerprint density at radius 3 is 2.58 bits per heavy atom. The fraction of sp³-hybridized carbons (Fsp3) is 0.133. The minimum Gasteiger partial charge on any atom is -0.489 e. The van der Waals surface area contributed by atoms with Crippen molar-refractivity contribution in [3.63, 3.8) is 0 Å². The Morgan fingerprint density at radius 2 is 1.95 bits per heavy atom. The minimum absolute atomic E-state index is 0.202. The molecule has 0 atom stereocenters. The van der Waals surface area contributed by atoms with Crippen molar-refractivity contribution in [3.05, 3.63) is 63.6 Å². The van der Waals surface area contributed by atoms with Gasteiger partial charge in [-0.3, -0.25) is 0 Å². The molecule has 0 spiro atoms. The summed E-state index contributed by atoms with van der Waals surface area (Å²) in [6, 6.07) is 13.1. The van der Waals surface area contributed by atoms with Gasteiger partial charge in [-0.05, 0) is 46.1 Å². The van der Waals surface area contributed by atoms with Crippen molar-refractivity contribution in [1.29, 1.82) is 0 Å². The summed E-state index contributed by atoms with van der Waals surface area (Å²) in [6.45, 7) is 2.30. The van der Waals surface area contributed by atoms with E-state index in [0.29, 0.717) is 16.8 Å². The fourth-order valence-corrected chi connectivity index (χ4v) is 2.33. The van der Waals surface area contributed by atoms with Crippen molar-refractivity contribution in [2.24, 2.45) is 0 Å². The van der Waals surface area contributed by atoms with E-state index in [9.17, 15) is 4.79 Å². The van der Waals surface area contributed by atoms with Gasteiger partial charge in [0.25, 0.3) is 0 Å². The highest BCUT2D eigenvalue weighted by Gasteiger charge is 2.12. The quantitative estimate of drug-likeness (QED) is 0.924. The number of rotatable bonds is 4. The van der Waals surface area contributed by atoms with Gasteiger partial charge >= 0.3 is 5.97 Å². The number of hydrogen-bond acceptors (Lipinski definition) is 2. The first-order valence-electron chi connectivity index (χ1n) is 5.78. The summed E-state index contributed by atoms with van der Waals surface area (Å²) in [5.74, 6) is -0.388. The summed E-state index contributed by atoms with van der Waals surface area (Å²) >= 11 is 3.24. The highest BCUT2D eigenvalue weighted by Crippen LogP contribution is 2.27. The summed E-state index contributed by atoms with van der Waals surface area (Å²) in [5.41, 5.74) is 2.14. The third kappa shape index (κ3) is 3.35. The molecule has 4 heteroatoms. The van der Waals surface area contributed by atoms with Gasteiger partial charge in [0.05, 0.1) is 5.56 Å². The lowest BCUT2D eigenvalue weighted by atomic mass is 10.1. The maximum Gasteiger partial charge on any atom is 0.336 e. The topological polar surface area (TPSA) is 46.5 Å². The summed E-state index contributed by atoms with van der Waals surface area (Å²) < 4.78 is 6.24. The number of benzene rings is 2. The van der Waals surface area contributed by atoms with Gasteiger partial charge in [0.15, 0.2) is 0 Å². The number of aromatic carboxylic acids is 1. The molecule has 0 aliphatic heterocycles. The molecule has 0 unspecified atom stereocenters. The summed E-state index contributed by atoms with van der Waals surface area (Å²) in [7, 11) is 0. The van der Waals surface area contributed by atoms with Crippen LogP contribution in [0.4, 0.5) is 0 Å². The lowest BCUT2D eigenvalue weighted by Crippen LogP contribution is -2.02. The van der Waals surface area contributed by atoms with Crippen molar-refractivity contribution in [3.8, 4) is 5.75 Å². The third-order valence-corrected chi connectivity index (χ3v) is 3.39. The molecule has 19 heavy (non-hydrogen) atoms. The van der Waals surface area contributed by atoms with Crippen LogP contribution in [0.5, 0.6) is 5.75 Å². The molecule has 0 heterocycles. The normalized spacial score (nSPS) is 10.2. The van der Waals surface area contributed by atoms with E-state index in [4.69, 9.17) is 9.84 Å². The predicted molar refractivity (Wildman–Crippen MR) is 76.6 cm³/mol. The Hall–Kier alpha value is -1.81. The van der Waals surface area contributed by atoms with E-state index < -0.39 is 5.97 Å². The van der Waals surface area contributed by atoms with E-state index in [2.05, 4.69) is 15.9 Å². The van der Waals surface area contributed by atoms with E-state index in [0.717, 1.165) is 11.1 Å². The maximum absolute atomic E-state index is 11.1. The molecular formula is C15H13BrO3. The molecule has 0 bridgehead atoms. The van der Waals surface area contributed by atoms with E-state index in [-0.39, 0.29) is 5.56 Å². The Bertz CT molecular complexity index is 594. The van der Waals surface area contributed by atoms with Crippen LogP contribution >= 0.6 is 15.9 Å². The van der Waals surface area contributed by atoms with Crippen molar-refractivity contribution < 1.29 is 14.6 Å². The number of carboxylic acid groups (broad SMARTS) is 1. The molecule has 3 nitrogen and oxygen atoms in total. The second kappa shape index (κ2) is 5.89. The highest BCUT2D eigenvalue weighted by molar-refractivity contribution is 9.10. The molecule has 98 valence electrons. The SMILES string of the molecule is Cc1cc(Br)c(C(=O)O)cc1OCc1ccccc1. The number of ether oxygens (including phenoxy) is 1. The van der Waals surface area contributed by atoms with Crippen LogP contribution in [0.25, 0.3) is 0 Å². The standard InChI is InChI=1S/C15H13BrO3/c1-10-7-13(16)12(15(17)18)8-14(10)19-9-11-5-3-2-4-6-11/h2-8H,9H2,1H3,(H,17,18). The summed E-state index contributed by atoms with van der Waals surface area (Å²) in [4.78, 5) is 11.1. The predicted octanol–water partition coefficient (Wildman–Crippen LogP) is 4.03. The second-order valence-corrected chi connectivity index (χ2v) is 5.03. The summed E-state index contributed by atoms with van der Waals surface area (Å²) in [5, 5.41) is 9.08. The number of carbonyl (C=O) groups is 1. The lowest BCUT2D eigenvalue weighted by Gasteiger charge is -2.11. The van der Waals surface area contributed by atoms with Crippen molar-refractivity contribution >= 4 is 21.9 Å². The Morgan fingerprint density at radius 1 is 1.26 bits per heavy atom. The van der Waals surface area contributed by atoms with Gasteiger partial charge in [-0.15, -0.1) is 0 Å². The van der Waals surface area contributed by atoms with E-state index in [1.165, 1.54) is 0 Å². The van der Waals surface area contributed by atoms with Crippen molar-refractivity contribution in [2.45, 2.75) is 13.5 Å². The van der Waals surface area contributed by atoms with Crippen LogP contribution in [-0.4, -0.2) is 11.1 Å². The van der Waals surface area contributed by atoms with Crippen molar-refractivity contribution in [1.82, 2.24) is 0 Å². The molecule has 2 aromatic rings. The largest absolute Gasteiger partial charge is 0.489 e. The van der Waals surface area contributed by atoms with Crippen LogP contribution in [0.3, 0.4) is 0 Å². The van der Waals surface area contributed by atoms with Crippen LogP contribution in [0.1, 0.15) is 21.5 Å². The van der Waals surface area contributed by atoms with Crippen LogP contribution < -0.4 is 4.74 Å². The number of hydrogen-bond donors (Lipinski definition) is 1. The molecule has 0 aromatic heterocycles. The number of aryl methyl sites for hydroxylation is 1. The average Bonchev–Trinajstić information content (AvgIpc) is 2.38. The second-order valence-electron chi connectivity index (χ2n) is 4.18. The highest BCUT2D eigenvalue weighted by atomic mass is 79.9. The Labute approximate surface area is 120 Å². The molecule has 0 radical (unpaired) electrons.